The molecule has 0 fully saturated rings. The molecular formula is C9H14N4O3. The lowest BCUT2D eigenvalue weighted by Crippen LogP contribution is -2.45. The van der Waals surface area contributed by atoms with Gasteiger partial charge in [0.25, 0.3) is 0 Å². The molecule has 1 rings (SSSR count). The molecule has 0 aromatic carbocycles. The molecule has 0 radical (unpaired) electrons. The Morgan fingerprint density at radius 1 is 1.50 bits per heavy atom. The van der Waals surface area contributed by atoms with Crippen molar-refractivity contribution >= 4 is 11.9 Å². The van der Waals surface area contributed by atoms with Gasteiger partial charge in [-0.25, -0.2) is 14.5 Å². The highest BCUT2D eigenvalue weighted by molar-refractivity contribution is 5.83. The minimum absolute atomic E-state index is 0.0312. The van der Waals surface area contributed by atoms with Crippen molar-refractivity contribution in [3.63, 3.8) is 0 Å². The molecule has 0 aliphatic rings. The fourth-order valence-corrected chi connectivity index (χ4v) is 1.19. The lowest BCUT2D eigenvalue weighted by Gasteiger charge is -2.17. The van der Waals surface area contributed by atoms with Crippen molar-refractivity contribution in [2.45, 2.75) is 26.4 Å². The Morgan fingerprint density at radius 2 is 2.19 bits per heavy atom. The van der Waals surface area contributed by atoms with E-state index in [1.165, 1.54) is 17.3 Å². The van der Waals surface area contributed by atoms with Crippen LogP contribution in [-0.4, -0.2) is 37.8 Å². The van der Waals surface area contributed by atoms with Crippen LogP contribution in [0.15, 0.2) is 12.7 Å². The first kappa shape index (κ1) is 12.2. The molecular weight excluding hydrogens is 212 g/mol. The number of rotatable bonds is 5. The molecule has 0 spiro atoms. The summed E-state index contributed by atoms with van der Waals surface area (Å²) in [5.41, 5.74) is 0. The van der Waals surface area contributed by atoms with Crippen LogP contribution in [0.4, 0.5) is 0 Å². The van der Waals surface area contributed by atoms with Crippen molar-refractivity contribution in [3.05, 3.63) is 12.7 Å². The quantitative estimate of drug-likeness (QED) is 0.705. The fraction of sp³-hybridized carbons (Fsp3) is 0.556. The number of aromatic nitrogens is 3. The van der Waals surface area contributed by atoms with Crippen LogP contribution in [-0.2, 0) is 16.1 Å². The number of hydrogen-bond acceptors (Lipinski definition) is 4. The minimum Gasteiger partial charge on any atom is -0.480 e. The van der Waals surface area contributed by atoms with Gasteiger partial charge in [0.15, 0.2) is 0 Å². The van der Waals surface area contributed by atoms with E-state index in [4.69, 9.17) is 5.11 Å². The molecule has 2 N–H and O–H groups in total. The number of carboxylic acids is 1. The van der Waals surface area contributed by atoms with Gasteiger partial charge in [0, 0.05) is 0 Å². The summed E-state index contributed by atoms with van der Waals surface area (Å²) in [6, 6.07) is -0.879. The Bertz CT molecular complexity index is 361. The summed E-state index contributed by atoms with van der Waals surface area (Å²) in [5.74, 6) is -1.61. The Kier molecular flexibility index (Phi) is 3.98. The van der Waals surface area contributed by atoms with E-state index in [2.05, 4.69) is 15.4 Å². The van der Waals surface area contributed by atoms with Crippen molar-refractivity contribution in [1.29, 1.82) is 0 Å². The number of amides is 1. The van der Waals surface area contributed by atoms with Crippen LogP contribution in [0.2, 0.25) is 0 Å². The van der Waals surface area contributed by atoms with Crippen molar-refractivity contribution < 1.29 is 14.7 Å². The van der Waals surface area contributed by atoms with Crippen molar-refractivity contribution in [2.24, 2.45) is 5.92 Å². The number of nitrogens with zero attached hydrogens (tertiary/aromatic N) is 3. The molecule has 0 saturated carbocycles. The molecule has 7 heteroatoms. The fourth-order valence-electron chi connectivity index (χ4n) is 1.19. The Labute approximate surface area is 92.5 Å². The van der Waals surface area contributed by atoms with E-state index in [1.54, 1.807) is 13.8 Å². The summed E-state index contributed by atoms with van der Waals surface area (Å²) in [7, 11) is 0. The zero-order valence-corrected chi connectivity index (χ0v) is 9.12. The van der Waals surface area contributed by atoms with Gasteiger partial charge in [-0.1, -0.05) is 13.8 Å². The summed E-state index contributed by atoms with van der Waals surface area (Å²) >= 11 is 0. The molecule has 88 valence electrons. The van der Waals surface area contributed by atoms with Gasteiger partial charge < -0.3 is 10.4 Å². The lowest BCUT2D eigenvalue weighted by atomic mass is 10.1. The van der Waals surface area contributed by atoms with Gasteiger partial charge in [0.05, 0.1) is 0 Å². The first-order valence-electron chi connectivity index (χ1n) is 4.85. The standard InChI is InChI=1S/C9H14N4O3/c1-6(2)8(9(15)16)12-7(14)3-13-5-10-4-11-13/h4-6,8H,3H2,1-2H3,(H,12,14)(H,15,16)/t8-/m1/s1. The predicted octanol–water partition coefficient (Wildman–Crippen LogP) is -0.497. The van der Waals surface area contributed by atoms with Crippen LogP contribution < -0.4 is 5.32 Å². The first-order chi connectivity index (χ1) is 7.50. The maximum atomic E-state index is 11.5. The van der Waals surface area contributed by atoms with Gasteiger partial charge >= 0.3 is 5.97 Å². The van der Waals surface area contributed by atoms with Gasteiger partial charge in [-0.2, -0.15) is 5.10 Å². The Balaban J connectivity index is 2.52. The highest BCUT2D eigenvalue weighted by Crippen LogP contribution is 2.01. The van der Waals surface area contributed by atoms with E-state index < -0.39 is 17.9 Å². The third-order valence-electron chi connectivity index (χ3n) is 2.02. The molecule has 0 bridgehead atoms. The van der Waals surface area contributed by atoms with Gasteiger partial charge in [-0.15, -0.1) is 0 Å². The van der Waals surface area contributed by atoms with E-state index in [0.29, 0.717) is 0 Å². The molecule has 0 unspecified atom stereocenters. The van der Waals surface area contributed by atoms with E-state index in [-0.39, 0.29) is 12.5 Å². The molecule has 7 nitrogen and oxygen atoms in total. The minimum atomic E-state index is -1.04. The zero-order chi connectivity index (χ0) is 12.1. The molecule has 1 aromatic heterocycles. The second-order valence-corrected chi connectivity index (χ2v) is 3.72. The van der Waals surface area contributed by atoms with Gasteiger partial charge in [0.1, 0.15) is 25.2 Å². The Morgan fingerprint density at radius 3 is 2.62 bits per heavy atom. The summed E-state index contributed by atoms with van der Waals surface area (Å²) < 4.78 is 1.33. The monoisotopic (exact) mass is 226 g/mol. The largest absolute Gasteiger partial charge is 0.480 e. The lowest BCUT2D eigenvalue weighted by molar-refractivity contribution is -0.143. The smallest absolute Gasteiger partial charge is 0.326 e. The van der Waals surface area contributed by atoms with Crippen LogP contribution in [0, 0.1) is 5.92 Å². The molecule has 16 heavy (non-hydrogen) atoms. The molecule has 1 atom stereocenters. The SMILES string of the molecule is CC(C)[C@@H](NC(=O)Cn1cncn1)C(=O)O. The second-order valence-electron chi connectivity index (χ2n) is 3.72. The number of carbonyl (C=O) groups excluding carboxylic acids is 1. The molecule has 0 aliphatic carbocycles. The van der Waals surface area contributed by atoms with Crippen molar-refractivity contribution in [1.82, 2.24) is 20.1 Å². The molecule has 1 heterocycles. The van der Waals surface area contributed by atoms with Crippen LogP contribution in [0.25, 0.3) is 0 Å². The van der Waals surface area contributed by atoms with Gasteiger partial charge in [-0.05, 0) is 5.92 Å². The highest BCUT2D eigenvalue weighted by atomic mass is 16.4. The first-order valence-corrected chi connectivity index (χ1v) is 4.85. The van der Waals surface area contributed by atoms with Crippen LogP contribution >= 0.6 is 0 Å². The van der Waals surface area contributed by atoms with E-state index >= 15 is 0 Å². The van der Waals surface area contributed by atoms with Crippen LogP contribution in [0.3, 0.4) is 0 Å². The summed E-state index contributed by atoms with van der Waals surface area (Å²) in [6.07, 6.45) is 2.70. The second kappa shape index (κ2) is 5.24. The number of carbonyl (C=O) groups is 2. The third-order valence-corrected chi connectivity index (χ3v) is 2.02. The maximum Gasteiger partial charge on any atom is 0.326 e. The number of carboxylic acid groups (broad SMARTS) is 1. The molecule has 0 saturated heterocycles. The summed E-state index contributed by atoms with van der Waals surface area (Å²) in [6.45, 7) is 3.43. The van der Waals surface area contributed by atoms with Gasteiger partial charge in [0.2, 0.25) is 5.91 Å². The maximum absolute atomic E-state index is 11.5. The molecule has 0 aliphatic heterocycles. The normalized spacial score (nSPS) is 12.4. The average Bonchev–Trinajstić information content (AvgIpc) is 2.65. The van der Waals surface area contributed by atoms with Crippen LogP contribution in [0.1, 0.15) is 13.8 Å². The van der Waals surface area contributed by atoms with Crippen molar-refractivity contribution in [3.8, 4) is 0 Å². The highest BCUT2D eigenvalue weighted by Gasteiger charge is 2.23. The van der Waals surface area contributed by atoms with Gasteiger partial charge in [-0.3, -0.25) is 4.79 Å². The molecule has 1 aromatic rings. The van der Waals surface area contributed by atoms with E-state index in [9.17, 15) is 9.59 Å². The number of nitrogens with one attached hydrogen (secondary N) is 1. The summed E-state index contributed by atoms with van der Waals surface area (Å²) in [4.78, 5) is 26.0. The topological polar surface area (TPSA) is 97.1 Å². The van der Waals surface area contributed by atoms with Crippen molar-refractivity contribution in [2.75, 3.05) is 0 Å². The summed E-state index contributed by atoms with van der Waals surface area (Å²) in [5, 5.41) is 15.0. The number of aliphatic carboxylic acids is 1. The Hall–Kier alpha value is -1.92. The average molecular weight is 226 g/mol. The zero-order valence-electron chi connectivity index (χ0n) is 9.12. The number of hydrogen-bond donors (Lipinski definition) is 2. The van der Waals surface area contributed by atoms with Crippen LogP contribution in [0.5, 0.6) is 0 Å². The third kappa shape index (κ3) is 3.34. The molecule has 1 amide bonds. The van der Waals surface area contributed by atoms with E-state index in [1.807, 2.05) is 0 Å². The predicted molar refractivity (Wildman–Crippen MR) is 54.4 cm³/mol. The van der Waals surface area contributed by atoms with E-state index in [0.717, 1.165) is 0 Å².